The summed E-state index contributed by atoms with van der Waals surface area (Å²) in [4.78, 5) is 8.22. The molecule has 0 spiro atoms. The van der Waals surface area contributed by atoms with Crippen molar-refractivity contribution in [2.24, 2.45) is 0 Å². The second kappa shape index (κ2) is 7.27. The van der Waals surface area contributed by atoms with E-state index in [1.165, 1.54) is 6.33 Å². The van der Waals surface area contributed by atoms with E-state index in [2.05, 4.69) is 35.2 Å². The van der Waals surface area contributed by atoms with Crippen LogP contribution in [0.3, 0.4) is 0 Å². The zero-order valence-corrected chi connectivity index (χ0v) is 13.3. The summed E-state index contributed by atoms with van der Waals surface area (Å²) in [6.07, 6.45) is 2.45. The molecule has 0 aliphatic heterocycles. The molecule has 0 radical (unpaired) electrons. The molecule has 21 heavy (non-hydrogen) atoms. The highest BCUT2D eigenvalue weighted by Crippen LogP contribution is 2.29. The van der Waals surface area contributed by atoms with E-state index in [0.29, 0.717) is 11.8 Å². The van der Waals surface area contributed by atoms with Gasteiger partial charge in [-0.15, -0.1) is 0 Å². The maximum atomic E-state index is 6.03. The smallest absolute Gasteiger partial charge is 0.137 e. The van der Waals surface area contributed by atoms with Crippen LogP contribution in [0.25, 0.3) is 0 Å². The minimum atomic E-state index is 0.0581. The van der Waals surface area contributed by atoms with Crippen molar-refractivity contribution in [1.82, 2.24) is 9.97 Å². The summed E-state index contributed by atoms with van der Waals surface area (Å²) < 4.78 is 5.80. The SMILES string of the molecule is CCCOc1ccccc1C(C)Nc1ncnc(Cl)c1C. The molecule has 1 atom stereocenters. The number of nitrogens with zero attached hydrogens (tertiary/aromatic N) is 2. The molecule has 0 saturated carbocycles. The zero-order chi connectivity index (χ0) is 15.2. The van der Waals surface area contributed by atoms with Crippen LogP contribution in [0.1, 0.15) is 37.4 Å². The molecule has 0 aliphatic carbocycles. The molecule has 5 heteroatoms. The molecule has 1 N–H and O–H groups in total. The van der Waals surface area contributed by atoms with Crippen LogP contribution in [0.4, 0.5) is 5.82 Å². The van der Waals surface area contributed by atoms with E-state index in [0.717, 1.165) is 29.1 Å². The predicted molar refractivity (Wildman–Crippen MR) is 86.0 cm³/mol. The normalized spacial score (nSPS) is 12.0. The minimum Gasteiger partial charge on any atom is -0.493 e. The van der Waals surface area contributed by atoms with Gasteiger partial charge in [0.1, 0.15) is 23.0 Å². The second-order valence-corrected chi connectivity index (χ2v) is 5.25. The van der Waals surface area contributed by atoms with E-state index in [-0.39, 0.29) is 6.04 Å². The average Bonchev–Trinajstić information content (AvgIpc) is 2.50. The van der Waals surface area contributed by atoms with Crippen molar-refractivity contribution >= 4 is 17.4 Å². The van der Waals surface area contributed by atoms with Gasteiger partial charge in [0, 0.05) is 11.1 Å². The molecule has 0 bridgehead atoms. The van der Waals surface area contributed by atoms with Crippen LogP contribution in [0.2, 0.25) is 5.15 Å². The zero-order valence-electron chi connectivity index (χ0n) is 12.6. The monoisotopic (exact) mass is 305 g/mol. The summed E-state index contributed by atoms with van der Waals surface area (Å²) in [6, 6.07) is 8.09. The fourth-order valence-electron chi connectivity index (χ4n) is 2.04. The molecule has 0 aliphatic rings. The van der Waals surface area contributed by atoms with Gasteiger partial charge in [0.25, 0.3) is 0 Å². The van der Waals surface area contributed by atoms with Crippen LogP contribution >= 0.6 is 11.6 Å². The lowest BCUT2D eigenvalue weighted by atomic mass is 10.1. The Bertz CT molecular complexity index is 604. The van der Waals surface area contributed by atoms with Crippen molar-refractivity contribution in [3.05, 3.63) is 46.9 Å². The van der Waals surface area contributed by atoms with Crippen LogP contribution < -0.4 is 10.1 Å². The van der Waals surface area contributed by atoms with E-state index >= 15 is 0 Å². The fraction of sp³-hybridized carbons (Fsp3) is 0.375. The van der Waals surface area contributed by atoms with Crippen LogP contribution in [0, 0.1) is 6.92 Å². The average molecular weight is 306 g/mol. The van der Waals surface area contributed by atoms with Crippen molar-refractivity contribution in [2.45, 2.75) is 33.2 Å². The molecular weight excluding hydrogens is 286 g/mol. The molecule has 1 unspecified atom stereocenters. The Hall–Kier alpha value is -1.81. The molecule has 1 aromatic carbocycles. The summed E-state index contributed by atoms with van der Waals surface area (Å²) in [6.45, 7) is 6.78. The Morgan fingerprint density at radius 2 is 2.05 bits per heavy atom. The van der Waals surface area contributed by atoms with E-state index in [9.17, 15) is 0 Å². The molecule has 1 aromatic heterocycles. The standard InChI is InChI=1S/C16H20ClN3O/c1-4-9-21-14-8-6-5-7-13(14)12(3)20-16-11(2)15(17)18-10-19-16/h5-8,10,12H,4,9H2,1-3H3,(H,18,19,20). The van der Waals surface area contributed by atoms with E-state index < -0.39 is 0 Å². The maximum absolute atomic E-state index is 6.03. The number of ether oxygens (including phenoxy) is 1. The van der Waals surface area contributed by atoms with Gasteiger partial charge < -0.3 is 10.1 Å². The molecular formula is C16H20ClN3O. The van der Waals surface area contributed by atoms with Gasteiger partial charge >= 0.3 is 0 Å². The first-order valence-electron chi connectivity index (χ1n) is 7.08. The van der Waals surface area contributed by atoms with Gasteiger partial charge in [-0.3, -0.25) is 0 Å². The minimum absolute atomic E-state index is 0.0581. The third-order valence-corrected chi connectivity index (χ3v) is 3.60. The molecule has 1 heterocycles. The van der Waals surface area contributed by atoms with Gasteiger partial charge in [0.2, 0.25) is 0 Å². The number of anilines is 1. The molecule has 2 aromatic rings. The number of hydrogen-bond donors (Lipinski definition) is 1. The fourth-order valence-corrected chi connectivity index (χ4v) is 2.17. The van der Waals surface area contributed by atoms with E-state index in [4.69, 9.17) is 16.3 Å². The summed E-state index contributed by atoms with van der Waals surface area (Å²) in [7, 11) is 0. The van der Waals surface area contributed by atoms with Gasteiger partial charge in [-0.2, -0.15) is 0 Å². The van der Waals surface area contributed by atoms with Gasteiger partial charge in [-0.25, -0.2) is 9.97 Å². The molecule has 0 fully saturated rings. The quantitative estimate of drug-likeness (QED) is 0.804. The Kier molecular flexibility index (Phi) is 5.39. The van der Waals surface area contributed by atoms with Crippen LogP contribution in [-0.4, -0.2) is 16.6 Å². The number of benzene rings is 1. The van der Waals surface area contributed by atoms with E-state index in [1.807, 2.05) is 25.1 Å². The summed E-state index contributed by atoms with van der Waals surface area (Å²) >= 11 is 6.03. The van der Waals surface area contributed by atoms with Crippen LogP contribution in [0.15, 0.2) is 30.6 Å². The Labute approximate surface area is 130 Å². The maximum Gasteiger partial charge on any atom is 0.137 e. The Morgan fingerprint density at radius 1 is 1.29 bits per heavy atom. The number of rotatable bonds is 6. The topological polar surface area (TPSA) is 47.0 Å². The molecule has 0 saturated heterocycles. The summed E-state index contributed by atoms with van der Waals surface area (Å²) in [5.74, 6) is 1.64. The Morgan fingerprint density at radius 3 is 2.81 bits per heavy atom. The number of aromatic nitrogens is 2. The van der Waals surface area contributed by atoms with Crippen molar-refractivity contribution in [1.29, 1.82) is 0 Å². The van der Waals surface area contributed by atoms with Crippen molar-refractivity contribution in [3.63, 3.8) is 0 Å². The lowest BCUT2D eigenvalue weighted by Crippen LogP contribution is -2.11. The number of para-hydroxylation sites is 1. The first kappa shape index (κ1) is 15.6. The van der Waals surface area contributed by atoms with Crippen LogP contribution in [0.5, 0.6) is 5.75 Å². The van der Waals surface area contributed by atoms with E-state index in [1.54, 1.807) is 0 Å². The third kappa shape index (κ3) is 3.85. The summed E-state index contributed by atoms with van der Waals surface area (Å²) in [5, 5.41) is 3.84. The third-order valence-electron chi connectivity index (χ3n) is 3.22. The highest BCUT2D eigenvalue weighted by Gasteiger charge is 2.14. The van der Waals surface area contributed by atoms with Crippen molar-refractivity contribution < 1.29 is 4.74 Å². The summed E-state index contributed by atoms with van der Waals surface area (Å²) in [5.41, 5.74) is 1.94. The van der Waals surface area contributed by atoms with Crippen LogP contribution in [-0.2, 0) is 0 Å². The largest absolute Gasteiger partial charge is 0.493 e. The van der Waals surface area contributed by atoms with Gasteiger partial charge in [-0.1, -0.05) is 36.7 Å². The lowest BCUT2D eigenvalue weighted by molar-refractivity contribution is 0.313. The molecule has 4 nitrogen and oxygen atoms in total. The van der Waals surface area contributed by atoms with Gasteiger partial charge in [-0.05, 0) is 26.3 Å². The predicted octanol–water partition coefficient (Wildman–Crippen LogP) is 4.40. The molecule has 112 valence electrons. The van der Waals surface area contributed by atoms with Crippen molar-refractivity contribution in [3.8, 4) is 5.75 Å². The number of nitrogens with one attached hydrogen (secondary N) is 1. The number of hydrogen-bond acceptors (Lipinski definition) is 4. The second-order valence-electron chi connectivity index (χ2n) is 4.89. The first-order chi connectivity index (χ1) is 10.1. The molecule has 0 amide bonds. The highest BCUT2D eigenvalue weighted by atomic mass is 35.5. The van der Waals surface area contributed by atoms with Gasteiger partial charge in [0.05, 0.1) is 12.6 Å². The van der Waals surface area contributed by atoms with Gasteiger partial charge in [0.15, 0.2) is 0 Å². The Balaban J connectivity index is 2.20. The molecule has 2 rings (SSSR count). The lowest BCUT2D eigenvalue weighted by Gasteiger charge is -2.19. The first-order valence-corrected chi connectivity index (χ1v) is 7.46. The highest BCUT2D eigenvalue weighted by molar-refractivity contribution is 6.30. The van der Waals surface area contributed by atoms with Crippen molar-refractivity contribution in [2.75, 3.05) is 11.9 Å². The number of halogens is 1.